The van der Waals surface area contributed by atoms with Crippen LogP contribution in [0.15, 0.2) is 52.0 Å². The standard InChI is InChI=1S/C22H27F3N2O3S/c1-3-5-10-30-27-17(6-4-2)21-18(28)12-15(13-19(21)29)9-11-31-20-8-7-16(14-26-20)22(23,24)25/h3,5,7-8,14-15,28H,4,6,9-13H2,1-2H3. The van der Waals surface area contributed by atoms with E-state index in [0.717, 1.165) is 18.7 Å². The fraction of sp³-hybridized carbons (Fsp3) is 0.500. The number of pyridine rings is 1. The van der Waals surface area contributed by atoms with Crippen LogP contribution in [0.5, 0.6) is 0 Å². The minimum absolute atomic E-state index is 0.0285. The first-order valence-corrected chi connectivity index (χ1v) is 11.2. The molecule has 0 fully saturated rings. The highest BCUT2D eigenvalue weighted by Gasteiger charge is 2.31. The second kappa shape index (κ2) is 11.9. The van der Waals surface area contributed by atoms with E-state index in [1.54, 1.807) is 6.08 Å². The van der Waals surface area contributed by atoms with Crippen LogP contribution in [0.25, 0.3) is 0 Å². The van der Waals surface area contributed by atoms with E-state index in [1.165, 1.54) is 17.8 Å². The Balaban J connectivity index is 1.95. The number of Topliss-reactive ketones (excluding diaryl/α,β-unsaturated/α-hetero) is 1. The average Bonchev–Trinajstić information content (AvgIpc) is 2.70. The number of carbonyl (C=O) groups excluding carboxylic acids is 1. The minimum Gasteiger partial charge on any atom is -0.511 e. The highest BCUT2D eigenvalue weighted by molar-refractivity contribution is 7.99. The maximum Gasteiger partial charge on any atom is 0.417 e. The number of aliphatic hydroxyl groups excluding tert-OH is 1. The van der Waals surface area contributed by atoms with Crippen LogP contribution in [-0.2, 0) is 15.8 Å². The Hall–Kier alpha value is -2.29. The van der Waals surface area contributed by atoms with Crippen molar-refractivity contribution in [1.29, 1.82) is 0 Å². The van der Waals surface area contributed by atoms with Crippen LogP contribution in [0.2, 0.25) is 0 Å². The summed E-state index contributed by atoms with van der Waals surface area (Å²) in [7, 11) is 0. The first-order valence-electron chi connectivity index (χ1n) is 10.2. The van der Waals surface area contributed by atoms with Crippen molar-refractivity contribution in [1.82, 2.24) is 4.98 Å². The number of allylic oxidation sites excluding steroid dienone is 3. The van der Waals surface area contributed by atoms with E-state index in [2.05, 4.69) is 10.1 Å². The van der Waals surface area contributed by atoms with E-state index in [1.807, 2.05) is 19.9 Å². The van der Waals surface area contributed by atoms with E-state index < -0.39 is 11.7 Å². The van der Waals surface area contributed by atoms with Gasteiger partial charge in [0.2, 0.25) is 0 Å². The zero-order valence-corrected chi connectivity index (χ0v) is 18.4. The number of rotatable bonds is 10. The Morgan fingerprint density at radius 2 is 2.16 bits per heavy atom. The van der Waals surface area contributed by atoms with Crippen LogP contribution in [0.1, 0.15) is 51.5 Å². The molecule has 0 aliphatic heterocycles. The number of carbonyl (C=O) groups is 1. The molecule has 1 atom stereocenters. The van der Waals surface area contributed by atoms with Crippen LogP contribution in [0, 0.1) is 5.92 Å². The highest BCUT2D eigenvalue weighted by Crippen LogP contribution is 2.32. The second-order valence-corrected chi connectivity index (χ2v) is 8.31. The largest absolute Gasteiger partial charge is 0.511 e. The summed E-state index contributed by atoms with van der Waals surface area (Å²) in [5.74, 6) is 0.417. The molecule has 170 valence electrons. The van der Waals surface area contributed by atoms with E-state index in [0.29, 0.717) is 42.4 Å². The number of oxime groups is 1. The summed E-state index contributed by atoms with van der Waals surface area (Å²) in [4.78, 5) is 21.8. The first-order chi connectivity index (χ1) is 14.8. The highest BCUT2D eigenvalue weighted by atomic mass is 32.2. The molecule has 1 aliphatic carbocycles. The van der Waals surface area contributed by atoms with Crippen molar-refractivity contribution in [2.24, 2.45) is 11.1 Å². The number of aliphatic hydroxyl groups is 1. The van der Waals surface area contributed by atoms with Gasteiger partial charge in [0, 0.05) is 19.0 Å². The molecule has 0 aromatic carbocycles. The lowest BCUT2D eigenvalue weighted by atomic mass is 9.83. The molecule has 1 N–H and O–H groups in total. The number of ketones is 1. The fourth-order valence-corrected chi connectivity index (χ4v) is 4.13. The molecule has 0 amide bonds. The van der Waals surface area contributed by atoms with Gasteiger partial charge in [-0.3, -0.25) is 4.79 Å². The van der Waals surface area contributed by atoms with Crippen LogP contribution in [0.3, 0.4) is 0 Å². The van der Waals surface area contributed by atoms with Gasteiger partial charge in [-0.2, -0.15) is 13.2 Å². The summed E-state index contributed by atoms with van der Waals surface area (Å²) in [5, 5.41) is 15.1. The third kappa shape index (κ3) is 7.72. The molecular formula is C22H27F3N2O3S. The number of hydrogen-bond acceptors (Lipinski definition) is 6. The number of hydrogen-bond donors (Lipinski definition) is 1. The quantitative estimate of drug-likeness (QED) is 0.151. The summed E-state index contributed by atoms with van der Waals surface area (Å²) in [6.07, 6.45) is 2.62. The maximum absolute atomic E-state index is 12.7. The van der Waals surface area contributed by atoms with Crippen molar-refractivity contribution in [2.75, 3.05) is 12.4 Å². The van der Waals surface area contributed by atoms with Gasteiger partial charge in [-0.15, -0.1) is 11.8 Å². The summed E-state index contributed by atoms with van der Waals surface area (Å²) in [5.41, 5.74) is -0.0523. The van der Waals surface area contributed by atoms with Gasteiger partial charge in [-0.1, -0.05) is 24.6 Å². The zero-order valence-electron chi connectivity index (χ0n) is 17.6. The Kier molecular flexibility index (Phi) is 9.61. The van der Waals surface area contributed by atoms with Gasteiger partial charge >= 0.3 is 6.18 Å². The lowest BCUT2D eigenvalue weighted by Crippen LogP contribution is -2.25. The van der Waals surface area contributed by atoms with Crippen molar-refractivity contribution >= 4 is 23.3 Å². The van der Waals surface area contributed by atoms with Gasteiger partial charge in [0.15, 0.2) is 5.78 Å². The normalized spacial score (nSPS) is 18.2. The molecule has 1 heterocycles. The van der Waals surface area contributed by atoms with Gasteiger partial charge in [0.05, 0.1) is 21.9 Å². The number of aromatic nitrogens is 1. The Morgan fingerprint density at radius 1 is 1.39 bits per heavy atom. The topological polar surface area (TPSA) is 71.8 Å². The fourth-order valence-electron chi connectivity index (χ4n) is 3.18. The van der Waals surface area contributed by atoms with Gasteiger partial charge in [-0.05, 0) is 49.6 Å². The maximum atomic E-state index is 12.7. The van der Waals surface area contributed by atoms with Crippen molar-refractivity contribution < 1.29 is 27.9 Å². The summed E-state index contributed by atoms with van der Waals surface area (Å²) in [6, 6.07) is 2.35. The van der Waals surface area contributed by atoms with Gasteiger partial charge in [0.1, 0.15) is 12.4 Å². The van der Waals surface area contributed by atoms with Crippen molar-refractivity contribution in [2.45, 2.75) is 57.2 Å². The minimum atomic E-state index is -4.40. The molecular weight excluding hydrogens is 429 g/mol. The molecule has 31 heavy (non-hydrogen) atoms. The lowest BCUT2D eigenvalue weighted by molar-refractivity contribution is -0.137. The molecule has 1 aromatic rings. The number of halogens is 3. The Labute approximate surface area is 184 Å². The lowest BCUT2D eigenvalue weighted by Gasteiger charge is -2.23. The summed E-state index contributed by atoms with van der Waals surface area (Å²) < 4.78 is 37.8. The third-order valence-corrected chi connectivity index (χ3v) is 5.70. The predicted octanol–water partition coefficient (Wildman–Crippen LogP) is 6.12. The summed E-state index contributed by atoms with van der Waals surface area (Å²) >= 11 is 1.33. The van der Waals surface area contributed by atoms with Crippen LogP contribution in [-0.4, -0.2) is 33.9 Å². The molecule has 0 saturated carbocycles. The Morgan fingerprint density at radius 3 is 2.74 bits per heavy atom. The van der Waals surface area contributed by atoms with Crippen molar-refractivity contribution in [3.05, 3.63) is 47.4 Å². The van der Waals surface area contributed by atoms with E-state index >= 15 is 0 Å². The molecule has 2 rings (SSSR count). The van der Waals surface area contributed by atoms with Crippen LogP contribution >= 0.6 is 11.8 Å². The predicted molar refractivity (Wildman–Crippen MR) is 115 cm³/mol. The van der Waals surface area contributed by atoms with Gasteiger partial charge < -0.3 is 9.94 Å². The average molecular weight is 457 g/mol. The molecule has 0 spiro atoms. The van der Waals surface area contributed by atoms with Crippen molar-refractivity contribution in [3.8, 4) is 0 Å². The molecule has 0 radical (unpaired) electrons. The molecule has 1 aliphatic rings. The van der Waals surface area contributed by atoms with E-state index in [4.69, 9.17) is 4.84 Å². The molecule has 1 aromatic heterocycles. The van der Waals surface area contributed by atoms with E-state index in [-0.39, 0.29) is 29.5 Å². The zero-order chi connectivity index (χ0) is 22.9. The molecule has 5 nitrogen and oxygen atoms in total. The SMILES string of the molecule is CC=CCON=C(CCC)C1=C(O)CC(CCSc2ccc(C(F)(F)F)cn2)CC1=O. The number of thioether (sulfide) groups is 1. The number of alkyl halides is 3. The number of nitrogens with zero attached hydrogens (tertiary/aromatic N) is 2. The third-order valence-electron chi connectivity index (χ3n) is 4.72. The smallest absolute Gasteiger partial charge is 0.417 e. The van der Waals surface area contributed by atoms with E-state index in [9.17, 15) is 23.1 Å². The van der Waals surface area contributed by atoms with Crippen molar-refractivity contribution in [3.63, 3.8) is 0 Å². The Bertz CT molecular complexity index is 833. The molecule has 0 saturated heterocycles. The molecule has 9 heteroatoms. The first kappa shape index (κ1) is 25.0. The summed E-state index contributed by atoms with van der Waals surface area (Å²) in [6.45, 7) is 4.12. The monoisotopic (exact) mass is 456 g/mol. The van der Waals surface area contributed by atoms with Gasteiger partial charge in [-0.25, -0.2) is 4.98 Å². The molecule has 1 unspecified atom stereocenters. The molecule has 0 bridgehead atoms. The second-order valence-electron chi connectivity index (χ2n) is 7.19. The van der Waals surface area contributed by atoms with Crippen LogP contribution in [0.4, 0.5) is 13.2 Å². The van der Waals surface area contributed by atoms with Gasteiger partial charge in [0.25, 0.3) is 0 Å². The van der Waals surface area contributed by atoms with Crippen LogP contribution < -0.4 is 0 Å².